The van der Waals surface area contributed by atoms with Gasteiger partial charge in [0.2, 0.25) is 0 Å². The van der Waals surface area contributed by atoms with E-state index in [1.807, 2.05) is 0 Å². The van der Waals surface area contributed by atoms with E-state index in [9.17, 15) is 0 Å². The predicted molar refractivity (Wildman–Crippen MR) is 213 cm³/mol. The highest BCUT2D eigenvalue weighted by Crippen LogP contribution is 2.24. The van der Waals surface area contributed by atoms with Crippen molar-refractivity contribution in [2.24, 2.45) is 10.8 Å². The Hall–Kier alpha value is -0.210. The molecule has 0 aliphatic rings. The molecule has 0 radical (unpaired) electrons. The lowest BCUT2D eigenvalue weighted by Gasteiger charge is -2.17. The van der Waals surface area contributed by atoms with Crippen molar-refractivity contribution in [1.82, 2.24) is 0 Å². The maximum atomic E-state index is 8.52. The largest absolute Gasteiger partial charge is 0.759 e. The number of rotatable bonds is 32. The van der Waals surface area contributed by atoms with Crippen LogP contribution in [0.25, 0.3) is 0 Å². The van der Waals surface area contributed by atoms with E-state index in [0.717, 1.165) is 13.1 Å². The van der Waals surface area contributed by atoms with E-state index in [0.29, 0.717) is 10.8 Å². The lowest BCUT2D eigenvalue weighted by atomic mass is 9.89. The Morgan fingerprint density at radius 1 is 0.327 bits per heavy atom. The molecule has 300 valence electrons. The monoisotopic (exact) mass is 721 g/mol. The summed E-state index contributed by atoms with van der Waals surface area (Å²) >= 11 is 0. The van der Waals surface area contributed by atoms with Gasteiger partial charge in [-0.05, 0) is 49.4 Å². The summed E-state index contributed by atoms with van der Waals surface area (Å²) in [4.78, 5) is 0. The van der Waals surface area contributed by atoms with E-state index in [1.165, 1.54) is 205 Å². The van der Waals surface area contributed by atoms with Crippen LogP contribution in [0.2, 0.25) is 0 Å². The van der Waals surface area contributed by atoms with Gasteiger partial charge in [0, 0.05) is 10.4 Å². The highest BCUT2D eigenvalue weighted by Gasteiger charge is 2.09. The zero-order chi connectivity index (χ0) is 37.5. The molecule has 0 aliphatic heterocycles. The highest BCUT2D eigenvalue weighted by molar-refractivity contribution is 7.79. The van der Waals surface area contributed by atoms with Crippen molar-refractivity contribution < 1.29 is 29.0 Å². The van der Waals surface area contributed by atoms with E-state index in [4.69, 9.17) is 17.5 Å². The zero-order valence-corrected chi connectivity index (χ0v) is 35.3. The molecule has 49 heavy (non-hydrogen) atoms. The lowest BCUT2D eigenvalue weighted by molar-refractivity contribution is -0.368. The summed E-state index contributed by atoms with van der Waals surface area (Å²) in [5.74, 6) is 0. The van der Waals surface area contributed by atoms with Crippen LogP contribution in [0.4, 0.5) is 0 Å². The van der Waals surface area contributed by atoms with E-state index < -0.39 is 10.4 Å². The van der Waals surface area contributed by atoms with Crippen LogP contribution in [0.1, 0.15) is 247 Å². The Morgan fingerprint density at radius 2 is 0.449 bits per heavy atom. The molecule has 0 fully saturated rings. The molecule has 7 heteroatoms. The van der Waals surface area contributed by atoms with Crippen molar-refractivity contribution in [3.05, 3.63) is 0 Å². The fourth-order valence-corrected chi connectivity index (χ4v) is 6.26. The summed E-state index contributed by atoms with van der Waals surface area (Å²) in [5, 5.41) is 0. The molecular formula is C42H92N2O4S. The predicted octanol–water partition coefficient (Wildman–Crippen LogP) is 11.7. The van der Waals surface area contributed by atoms with Crippen molar-refractivity contribution in [2.45, 2.75) is 247 Å². The molecule has 0 aromatic rings. The van der Waals surface area contributed by atoms with Crippen LogP contribution in [0, 0.1) is 10.8 Å². The molecule has 0 aromatic heterocycles. The van der Waals surface area contributed by atoms with Gasteiger partial charge >= 0.3 is 0 Å². The van der Waals surface area contributed by atoms with Crippen molar-refractivity contribution in [1.29, 1.82) is 0 Å². The minimum Gasteiger partial charge on any atom is -0.759 e. The molecule has 6 nitrogen and oxygen atoms in total. The Balaban J connectivity index is -0.000000757. The van der Waals surface area contributed by atoms with Crippen molar-refractivity contribution >= 4 is 10.4 Å². The second kappa shape index (κ2) is 39.0. The Morgan fingerprint density at radius 3 is 0.571 bits per heavy atom. The van der Waals surface area contributed by atoms with Crippen LogP contribution < -0.4 is 11.5 Å². The Kier molecular flexibility index (Phi) is 42.3. The molecule has 0 bridgehead atoms. The average Bonchev–Trinajstić information content (AvgIpc) is 2.99. The summed E-state index contributed by atoms with van der Waals surface area (Å²) in [6, 6.07) is 0. The van der Waals surface area contributed by atoms with Crippen LogP contribution in [-0.4, -0.2) is 30.6 Å². The summed E-state index contributed by atoms with van der Waals surface area (Å²) in [6.07, 6.45) is 46.2. The van der Waals surface area contributed by atoms with Gasteiger partial charge in [-0.15, -0.1) is 0 Å². The van der Waals surface area contributed by atoms with E-state index in [-0.39, 0.29) is 0 Å². The first-order chi connectivity index (χ1) is 23.1. The van der Waals surface area contributed by atoms with Crippen molar-refractivity contribution in [3.8, 4) is 0 Å². The van der Waals surface area contributed by atoms with Gasteiger partial charge in [0.25, 0.3) is 0 Å². The molecule has 0 aromatic carbocycles. The molecule has 6 N–H and O–H groups in total. The molecule has 0 saturated heterocycles. The third kappa shape index (κ3) is 70.2. The number of hydrogen-bond acceptors (Lipinski definition) is 4. The van der Waals surface area contributed by atoms with Crippen LogP contribution >= 0.6 is 0 Å². The van der Waals surface area contributed by atoms with Crippen LogP contribution in [0.15, 0.2) is 0 Å². The molecule has 0 heterocycles. The molecule has 0 unspecified atom stereocenters. The molecule has 0 aliphatic carbocycles. The summed E-state index contributed by atoms with van der Waals surface area (Å²) in [7, 11) is -5.17. The minimum atomic E-state index is -5.17. The van der Waals surface area contributed by atoms with Gasteiger partial charge in [0.15, 0.2) is 0 Å². The molecule has 0 saturated carbocycles. The molecular weight excluding hydrogens is 629 g/mol. The zero-order valence-electron chi connectivity index (χ0n) is 34.5. The highest BCUT2D eigenvalue weighted by atomic mass is 32.3. The van der Waals surface area contributed by atoms with Crippen molar-refractivity contribution in [2.75, 3.05) is 13.1 Å². The van der Waals surface area contributed by atoms with Crippen LogP contribution in [0.5, 0.6) is 0 Å². The fraction of sp³-hybridized carbons (Fsp3) is 1.00. The third-order valence-electron chi connectivity index (χ3n) is 9.35. The SMILES string of the molecule is CC(C)(C)CCCCCCCCCCCCCCCCC[NH3+].CC(C)(C)CCCCCCCCCCCCCCCCC[NH3+].O=S(=O)([O-])[O-]. The quantitative estimate of drug-likeness (QED) is 0.0406. The summed E-state index contributed by atoms with van der Waals surface area (Å²) < 4.78 is 34.1. The molecule has 0 spiro atoms. The normalized spacial score (nSPS) is 12.0. The topological polar surface area (TPSA) is 136 Å². The van der Waals surface area contributed by atoms with Gasteiger partial charge in [-0.2, -0.15) is 0 Å². The van der Waals surface area contributed by atoms with Crippen LogP contribution in [0.3, 0.4) is 0 Å². The van der Waals surface area contributed by atoms with Gasteiger partial charge < -0.3 is 20.6 Å². The van der Waals surface area contributed by atoms with Gasteiger partial charge in [-0.3, -0.25) is 8.42 Å². The first-order valence-corrected chi connectivity index (χ1v) is 22.7. The summed E-state index contributed by atoms with van der Waals surface area (Å²) in [6.45, 7) is 16.4. The lowest BCUT2D eigenvalue weighted by Crippen LogP contribution is -2.50. The van der Waals surface area contributed by atoms with E-state index >= 15 is 0 Å². The minimum absolute atomic E-state index is 0.535. The van der Waals surface area contributed by atoms with Gasteiger partial charge in [-0.1, -0.05) is 208 Å². The van der Waals surface area contributed by atoms with E-state index in [2.05, 4.69) is 53.0 Å². The van der Waals surface area contributed by atoms with Gasteiger partial charge in [0.05, 0.1) is 13.1 Å². The van der Waals surface area contributed by atoms with Crippen LogP contribution in [-0.2, 0) is 10.4 Å². The fourth-order valence-electron chi connectivity index (χ4n) is 6.26. The average molecular weight is 721 g/mol. The second-order valence-electron chi connectivity index (χ2n) is 17.3. The Bertz CT molecular complexity index is 663. The number of unbranched alkanes of at least 4 members (excludes halogenated alkanes) is 28. The maximum Gasteiger partial charge on any atom is 0.0739 e. The number of hydrogen-bond donors (Lipinski definition) is 2. The van der Waals surface area contributed by atoms with E-state index in [1.54, 1.807) is 0 Å². The van der Waals surface area contributed by atoms with Gasteiger partial charge in [0.1, 0.15) is 0 Å². The van der Waals surface area contributed by atoms with Crippen molar-refractivity contribution in [3.63, 3.8) is 0 Å². The number of quaternary nitrogens is 2. The molecule has 0 amide bonds. The maximum absolute atomic E-state index is 8.52. The molecule has 0 atom stereocenters. The third-order valence-corrected chi connectivity index (χ3v) is 9.35. The summed E-state index contributed by atoms with van der Waals surface area (Å²) in [5.41, 5.74) is 8.87. The second-order valence-corrected chi connectivity index (χ2v) is 18.2. The smallest absolute Gasteiger partial charge is 0.0739 e. The molecule has 0 rings (SSSR count). The first kappa shape index (κ1) is 53.1. The standard InChI is InChI=1S/2C21H45N.H2O4S/c2*1-21(2,3)19-17-15-13-11-9-7-5-4-6-8-10-12-14-16-18-20-22;1-5(2,3)4/h2*4-20,22H2,1-3H3;(H2,1,2,3,4). The Labute approximate surface area is 309 Å². The van der Waals surface area contributed by atoms with Gasteiger partial charge in [-0.25, -0.2) is 0 Å². The first-order valence-electron chi connectivity index (χ1n) is 21.4.